The molecule has 1 aliphatic rings. The van der Waals surface area contributed by atoms with E-state index in [1.807, 2.05) is 19.9 Å². The van der Waals surface area contributed by atoms with Gasteiger partial charge in [0.05, 0.1) is 10.0 Å². The molecule has 138 valence electrons. The van der Waals surface area contributed by atoms with Gasteiger partial charge in [-0.15, -0.1) is 0 Å². The molecule has 0 spiro atoms. The molecule has 3 rings (SSSR count). The van der Waals surface area contributed by atoms with Gasteiger partial charge in [0.25, 0.3) is 0 Å². The summed E-state index contributed by atoms with van der Waals surface area (Å²) < 4.78 is 33.9. The molecule has 2 aromatic rings. The number of anilines is 2. The molecule has 2 atom stereocenters. The van der Waals surface area contributed by atoms with Crippen LogP contribution < -0.4 is 10.6 Å². The number of ether oxygens (including phenoxy) is 1. The molecule has 0 aliphatic carbocycles. The Morgan fingerprint density at radius 1 is 1.27 bits per heavy atom. The highest BCUT2D eigenvalue weighted by Gasteiger charge is 2.44. The Morgan fingerprint density at radius 2 is 1.92 bits per heavy atom. The average Bonchev–Trinajstić information content (AvgIpc) is 2.57. The van der Waals surface area contributed by atoms with Gasteiger partial charge in [-0.05, 0) is 48.0 Å². The van der Waals surface area contributed by atoms with Gasteiger partial charge in [-0.3, -0.25) is 5.32 Å². The molecular weight excluding hydrogens is 406 g/mol. The number of benzene rings is 2. The number of carbonyl (C=O) groups is 1. The lowest BCUT2D eigenvalue weighted by atomic mass is 9.78. The zero-order valence-electron chi connectivity index (χ0n) is 14.6. The van der Waals surface area contributed by atoms with E-state index in [9.17, 15) is 13.6 Å². The topological polar surface area (TPSA) is 50.4 Å². The fraction of sp³-hybridized carbons (Fsp3) is 0.316. The number of para-hydroxylation sites is 1. The van der Waals surface area contributed by atoms with Crippen molar-refractivity contribution in [2.24, 2.45) is 0 Å². The van der Waals surface area contributed by atoms with Crippen LogP contribution in [0.3, 0.4) is 0 Å². The minimum Gasteiger partial charge on any atom is -0.443 e. The molecule has 0 fully saturated rings. The van der Waals surface area contributed by atoms with Crippen molar-refractivity contribution in [1.29, 1.82) is 0 Å². The van der Waals surface area contributed by atoms with Crippen LogP contribution in [0.25, 0.3) is 0 Å². The summed E-state index contributed by atoms with van der Waals surface area (Å²) in [5, 5.41) is 5.74. The van der Waals surface area contributed by atoms with Crippen molar-refractivity contribution in [3.8, 4) is 0 Å². The summed E-state index contributed by atoms with van der Waals surface area (Å²) in [6, 6.07) is 10.2. The van der Waals surface area contributed by atoms with E-state index in [1.165, 1.54) is 6.07 Å². The van der Waals surface area contributed by atoms with Gasteiger partial charge in [0, 0.05) is 22.9 Å². The summed E-state index contributed by atoms with van der Waals surface area (Å²) in [7, 11) is 0. The first-order valence-corrected chi connectivity index (χ1v) is 8.98. The molecule has 1 amide bonds. The van der Waals surface area contributed by atoms with Crippen LogP contribution in [0.5, 0.6) is 0 Å². The molecule has 4 nitrogen and oxygen atoms in total. The first-order valence-electron chi connectivity index (χ1n) is 8.19. The van der Waals surface area contributed by atoms with Gasteiger partial charge in [-0.2, -0.15) is 0 Å². The number of hydrogen-bond acceptors (Lipinski definition) is 3. The van der Waals surface area contributed by atoms with Crippen LogP contribution >= 0.6 is 15.9 Å². The molecule has 2 N–H and O–H groups in total. The van der Waals surface area contributed by atoms with Crippen LogP contribution in [0.1, 0.15) is 32.3 Å². The van der Waals surface area contributed by atoms with Gasteiger partial charge < -0.3 is 10.1 Å². The quantitative estimate of drug-likeness (QED) is 0.612. The number of hydrogen-bond donors (Lipinski definition) is 2. The molecule has 0 unspecified atom stereocenters. The summed E-state index contributed by atoms with van der Waals surface area (Å²) in [5.41, 5.74) is 0.537. The molecule has 0 aromatic heterocycles. The predicted molar refractivity (Wildman–Crippen MR) is 101 cm³/mol. The smallest absolute Gasteiger partial charge is 0.411 e. The van der Waals surface area contributed by atoms with Crippen LogP contribution in [-0.2, 0) is 4.74 Å². The first kappa shape index (κ1) is 18.6. The third-order valence-corrected chi connectivity index (χ3v) is 5.26. The van der Waals surface area contributed by atoms with Gasteiger partial charge in [-0.1, -0.05) is 25.1 Å². The van der Waals surface area contributed by atoms with Crippen molar-refractivity contribution >= 4 is 33.4 Å². The van der Waals surface area contributed by atoms with E-state index in [1.54, 1.807) is 31.2 Å². The maximum Gasteiger partial charge on any atom is 0.411 e. The molecule has 0 radical (unpaired) electrons. The van der Waals surface area contributed by atoms with Crippen molar-refractivity contribution in [2.75, 3.05) is 10.6 Å². The lowest BCUT2D eigenvalue weighted by Gasteiger charge is -2.44. The van der Waals surface area contributed by atoms with Gasteiger partial charge in [0.1, 0.15) is 17.7 Å². The van der Waals surface area contributed by atoms with Crippen LogP contribution in [0, 0.1) is 11.6 Å². The second kappa shape index (κ2) is 6.87. The number of halogens is 3. The van der Waals surface area contributed by atoms with Crippen molar-refractivity contribution in [2.45, 2.75) is 38.3 Å². The maximum absolute atomic E-state index is 14.6. The van der Waals surface area contributed by atoms with Crippen molar-refractivity contribution < 1.29 is 18.3 Å². The lowest BCUT2D eigenvalue weighted by Crippen LogP contribution is -2.52. The SMILES string of the molecule is C[C@H]1c2c(cc(F)c(Br)c2F)NC(C)(C)[C@@H]1OC(=O)Nc1ccccc1. The summed E-state index contributed by atoms with van der Waals surface area (Å²) in [6.45, 7) is 5.41. The fourth-order valence-corrected chi connectivity index (χ4v) is 3.71. The van der Waals surface area contributed by atoms with E-state index < -0.39 is 35.3 Å². The molecule has 1 aliphatic heterocycles. The number of amides is 1. The van der Waals surface area contributed by atoms with E-state index in [-0.39, 0.29) is 10.0 Å². The minimum atomic E-state index is -0.715. The highest BCUT2D eigenvalue weighted by molar-refractivity contribution is 9.10. The lowest BCUT2D eigenvalue weighted by molar-refractivity contribution is 0.0560. The second-order valence-electron chi connectivity index (χ2n) is 6.90. The maximum atomic E-state index is 14.6. The third-order valence-electron chi connectivity index (χ3n) is 4.53. The van der Waals surface area contributed by atoms with Crippen molar-refractivity contribution in [1.82, 2.24) is 0 Å². The minimum absolute atomic E-state index is 0.225. The highest BCUT2D eigenvalue weighted by Crippen LogP contribution is 2.44. The average molecular weight is 425 g/mol. The Hall–Kier alpha value is -2.15. The van der Waals surface area contributed by atoms with Gasteiger partial charge in [0.2, 0.25) is 0 Å². The summed E-state index contributed by atoms with van der Waals surface area (Å²) in [6.07, 6.45) is -1.29. The van der Waals surface area contributed by atoms with Crippen molar-refractivity contribution in [3.05, 3.63) is 58.1 Å². The first-order chi connectivity index (χ1) is 12.2. The van der Waals surface area contributed by atoms with E-state index >= 15 is 0 Å². The predicted octanol–water partition coefficient (Wildman–Crippen LogP) is 5.65. The summed E-state index contributed by atoms with van der Waals surface area (Å²) in [4.78, 5) is 12.3. The summed E-state index contributed by atoms with van der Waals surface area (Å²) in [5.74, 6) is -1.84. The Bertz CT molecular complexity index is 843. The molecule has 26 heavy (non-hydrogen) atoms. The fourth-order valence-electron chi connectivity index (χ4n) is 3.39. The Kier molecular flexibility index (Phi) is 4.92. The number of rotatable bonds is 2. The normalized spacial score (nSPS) is 20.7. The van der Waals surface area contributed by atoms with Crippen LogP contribution in [0.15, 0.2) is 40.9 Å². The van der Waals surface area contributed by atoms with Crippen LogP contribution in [0.2, 0.25) is 0 Å². The van der Waals surface area contributed by atoms with Crippen LogP contribution in [0.4, 0.5) is 25.0 Å². The molecule has 7 heteroatoms. The largest absolute Gasteiger partial charge is 0.443 e. The van der Waals surface area contributed by atoms with E-state index in [0.717, 1.165) is 0 Å². The Labute approximate surface area is 159 Å². The van der Waals surface area contributed by atoms with Crippen LogP contribution in [-0.4, -0.2) is 17.7 Å². The third kappa shape index (κ3) is 3.40. The molecular formula is C19H19BrF2N2O2. The Balaban J connectivity index is 1.88. The molecule has 2 aromatic carbocycles. The molecule has 0 saturated carbocycles. The Morgan fingerprint density at radius 3 is 2.58 bits per heavy atom. The molecule has 0 bridgehead atoms. The zero-order valence-corrected chi connectivity index (χ0v) is 16.2. The van der Waals surface area contributed by atoms with E-state index in [2.05, 4.69) is 26.6 Å². The van der Waals surface area contributed by atoms with Gasteiger partial charge in [-0.25, -0.2) is 13.6 Å². The molecule has 1 heterocycles. The summed E-state index contributed by atoms with van der Waals surface area (Å²) >= 11 is 2.93. The van der Waals surface area contributed by atoms with Crippen molar-refractivity contribution in [3.63, 3.8) is 0 Å². The molecule has 0 saturated heterocycles. The second-order valence-corrected chi connectivity index (χ2v) is 7.69. The zero-order chi connectivity index (χ0) is 19.1. The van der Waals surface area contributed by atoms with Gasteiger partial charge >= 0.3 is 6.09 Å². The van der Waals surface area contributed by atoms with E-state index in [0.29, 0.717) is 11.4 Å². The number of nitrogens with one attached hydrogen (secondary N) is 2. The van der Waals surface area contributed by atoms with Gasteiger partial charge in [0.15, 0.2) is 0 Å². The number of carbonyl (C=O) groups excluding carboxylic acids is 1. The monoisotopic (exact) mass is 424 g/mol. The standard InChI is InChI=1S/C19H19BrF2N2O2/c1-10-14-13(9-12(21)15(20)16(14)22)24-19(2,3)17(10)26-18(25)23-11-7-5-4-6-8-11/h4-10,17,24H,1-3H3,(H,23,25)/t10-,17+/m0/s1. The highest BCUT2D eigenvalue weighted by atomic mass is 79.9. The number of fused-ring (bicyclic) bond motifs is 1. The van der Waals surface area contributed by atoms with E-state index in [4.69, 9.17) is 4.74 Å².